The Kier molecular flexibility index (Phi) is 16.3. The van der Waals surface area contributed by atoms with Gasteiger partial charge in [-0.05, 0) is 50.8 Å². The highest BCUT2D eigenvalue weighted by Gasteiger charge is 2.63. The predicted octanol–water partition coefficient (Wildman–Crippen LogP) is 5.78. The van der Waals surface area contributed by atoms with Crippen molar-refractivity contribution in [3.8, 4) is 0 Å². The fourth-order valence-electron chi connectivity index (χ4n) is 6.80. The van der Waals surface area contributed by atoms with Crippen molar-refractivity contribution in [3.63, 3.8) is 0 Å². The molecule has 12 nitrogen and oxygen atoms in total. The van der Waals surface area contributed by atoms with Crippen molar-refractivity contribution in [1.29, 1.82) is 0 Å². The van der Waals surface area contributed by atoms with Gasteiger partial charge in [0.05, 0.1) is 12.0 Å². The molecule has 1 aliphatic heterocycles. The number of benzene rings is 1. The molecule has 1 saturated heterocycles. The number of carbonyl (C=O) groups excluding carboxylic acids is 4. The van der Waals surface area contributed by atoms with E-state index in [1.54, 1.807) is 37.4 Å². The number of aliphatic carboxylic acids is 1. The number of piperidine rings is 1. The summed E-state index contributed by atoms with van der Waals surface area (Å²) in [5.41, 5.74) is 0.713. The molecule has 1 aromatic carbocycles. The summed E-state index contributed by atoms with van der Waals surface area (Å²) < 4.78 is 90.5. The first kappa shape index (κ1) is 46.1. The molecule has 3 rings (SSSR count). The zero-order valence-electron chi connectivity index (χ0n) is 31.9. The summed E-state index contributed by atoms with van der Waals surface area (Å²) in [7, 11) is 2.53. The number of carboxylic acid groups (broad SMARTS) is 1. The molecular weight excluding hydrogens is 772 g/mol. The number of nitrogens with zero attached hydrogens (tertiary/aromatic N) is 3. The molecule has 3 amide bonds. The zero-order valence-corrected chi connectivity index (χ0v) is 32.8. The number of carboxylic acids is 1. The van der Waals surface area contributed by atoms with Gasteiger partial charge in [-0.3, -0.25) is 28.9 Å². The van der Waals surface area contributed by atoms with E-state index in [1.807, 2.05) is 12.1 Å². The highest BCUT2D eigenvalue weighted by atomic mass is 32.1. The van der Waals surface area contributed by atoms with Gasteiger partial charge in [0.15, 0.2) is 12.0 Å². The Hall–Kier alpha value is -4.26. The van der Waals surface area contributed by atoms with Crippen molar-refractivity contribution in [2.45, 2.75) is 109 Å². The first-order chi connectivity index (χ1) is 26.0. The molecule has 0 aliphatic carbocycles. The first-order valence-electron chi connectivity index (χ1n) is 18.1. The minimum absolute atomic E-state index is 0.0454. The van der Waals surface area contributed by atoms with Crippen LogP contribution in [-0.4, -0.2) is 107 Å². The van der Waals surface area contributed by atoms with Crippen molar-refractivity contribution < 1.29 is 60.2 Å². The van der Waals surface area contributed by atoms with Crippen LogP contribution in [0.5, 0.6) is 0 Å². The fourth-order valence-corrected chi connectivity index (χ4v) is 7.64. The van der Waals surface area contributed by atoms with Crippen molar-refractivity contribution in [2.24, 2.45) is 17.8 Å². The number of hydrogen-bond donors (Lipinski definition) is 3. The van der Waals surface area contributed by atoms with Gasteiger partial charge < -0.3 is 25.4 Å². The van der Waals surface area contributed by atoms with E-state index in [-0.39, 0.29) is 30.0 Å². The molecule has 2 heterocycles. The van der Waals surface area contributed by atoms with E-state index >= 15 is 0 Å². The van der Waals surface area contributed by atoms with Crippen LogP contribution in [0.4, 0.5) is 26.3 Å². The monoisotopic (exact) mass is 821 g/mol. The molecule has 2 aromatic rings. The molecular formula is C37H49F6N5O7S. The van der Waals surface area contributed by atoms with Crippen LogP contribution in [0.3, 0.4) is 0 Å². The predicted molar refractivity (Wildman–Crippen MR) is 193 cm³/mol. The number of rotatable bonds is 17. The molecule has 19 heteroatoms. The molecule has 1 aromatic heterocycles. The fraction of sp³-hybridized carbons (Fsp3) is 0.622. The number of likely N-dealkylation sites (tertiary alicyclic amines) is 1. The van der Waals surface area contributed by atoms with Crippen LogP contribution in [0.1, 0.15) is 87.0 Å². The van der Waals surface area contributed by atoms with Crippen LogP contribution in [0.2, 0.25) is 0 Å². The summed E-state index contributed by atoms with van der Waals surface area (Å²) >= 11 is 0.888. The van der Waals surface area contributed by atoms with Crippen LogP contribution < -0.4 is 10.6 Å². The largest absolute Gasteiger partial charge is 0.481 e. The van der Waals surface area contributed by atoms with Gasteiger partial charge >= 0.3 is 24.3 Å². The van der Waals surface area contributed by atoms with Crippen molar-refractivity contribution in [3.05, 3.63) is 52.0 Å². The molecule has 1 fully saturated rings. The number of aromatic nitrogens is 1. The lowest BCUT2D eigenvalue weighted by molar-refractivity contribution is -0.290. The second-order valence-corrected chi connectivity index (χ2v) is 15.4. The number of likely N-dealkylation sites (N-methyl/N-ethyl adjacent to an activating group) is 2. The van der Waals surface area contributed by atoms with Crippen LogP contribution in [-0.2, 0) is 30.3 Å². The Morgan fingerprint density at radius 1 is 1.00 bits per heavy atom. The van der Waals surface area contributed by atoms with E-state index in [4.69, 9.17) is 4.74 Å². The first-order valence-corrected chi connectivity index (χ1v) is 19.0. The maximum Gasteiger partial charge on any atom is 0.403 e. The number of thiazole rings is 1. The lowest BCUT2D eigenvalue weighted by Gasteiger charge is -2.39. The van der Waals surface area contributed by atoms with Gasteiger partial charge in [-0.1, -0.05) is 57.5 Å². The number of carbonyl (C=O) groups is 5. The molecule has 0 bridgehead atoms. The van der Waals surface area contributed by atoms with Gasteiger partial charge in [-0.15, -0.1) is 11.3 Å². The molecule has 0 saturated carbocycles. The third kappa shape index (κ3) is 12.9. The molecule has 0 unspecified atom stereocenters. The zero-order chi connectivity index (χ0) is 42.1. The number of esters is 1. The van der Waals surface area contributed by atoms with Crippen LogP contribution in [0, 0.1) is 17.8 Å². The van der Waals surface area contributed by atoms with E-state index in [9.17, 15) is 55.4 Å². The van der Waals surface area contributed by atoms with Gasteiger partial charge in [0.2, 0.25) is 11.8 Å². The highest BCUT2D eigenvalue weighted by molar-refractivity contribution is 7.09. The highest BCUT2D eigenvalue weighted by Crippen LogP contribution is 2.42. The van der Waals surface area contributed by atoms with Gasteiger partial charge in [-0.25, -0.2) is 4.98 Å². The quantitative estimate of drug-likeness (QED) is 0.133. The average Bonchev–Trinajstić information content (AvgIpc) is 3.59. The Bertz CT molecular complexity index is 1640. The van der Waals surface area contributed by atoms with E-state index in [1.165, 1.54) is 24.3 Å². The number of ether oxygens (including phenoxy) is 1. The summed E-state index contributed by atoms with van der Waals surface area (Å²) in [6.07, 6.45) is -11.9. The summed E-state index contributed by atoms with van der Waals surface area (Å²) in [6, 6.07) is 3.12. The lowest BCUT2D eigenvalue weighted by Crippen LogP contribution is -2.63. The number of amides is 3. The minimum atomic E-state index is -5.97. The van der Waals surface area contributed by atoms with Crippen LogP contribution in [0.25, 0.3) is 0 Å². The van der Waals surface area contributed by atoms with Crippen molar-refractivity contribution in [2.75, 3.05) is 20.6 Å². The van der Waals surface area contributed by atoms with E-state index < -0.39 is 90.0 Å². The van der Waals surface area contributed by atoms with Crippen molar-refractivity contribution >= 4 is 41.0 Å². The maximum atomic E-state index is 14.2. The molecule has 3 N–H and O–H groups in total. The van der Waals surface area contributed by atoms with E-state index in [2.05, 4.69) is 10.3 Å². The molecule has 56 heavy (non-hydrogen) atoms. The lowest BCUT2D eigenvalue weighted by atomic mass is 9.92. The molecule has 1 aliphatic rings. The Labute approximate surface area is 325 Å². The summed E-state index contributed by atoms with van der Waals surface area (Å²) in [4.78, 5) is 70.9. The third-order valence-electron chi connectivity index (χ3n) is 9.80. The van der Waals surface area contributed by atoms with Gasteiger partial charge in [-0.2, -0.15) is 26.3 Å². The van der Waals surface area contributed by atoms with E-state index in [0.29, 0.717) is 30.7 Å². The number of halogens is 6. The Morgan fingerprint density at radius 3 is 2.16 bits per heavy atom. The summed E-state index contributed by atoms with van der Waals surface area (Å²) in [5, 5.41) is 15.5. The molecule has 0 spiro atoms. The third-order valence-corrected chi connectivity index (χ3v) is 10.7. The topological polar surface area (TPSA) is 158 Å². The number of hydrogen-bond acceptors (Lipinski definition) is 9. The normalized spacial score (nSPS) is 18.1. The maximum absolute atomic E-state index is 14.2. The number of nitrogens with one attached hydrogen (secondary N) is 2. The van der Waals surface area contributed by atoms with E-state index in [0.717, 1.165) is 30.9 Å². The summed E-state index contributed by atoms with van der Waals surface area (Å²) in [5.74, 6) is -11.0. The molecule has 312 valence electrons. The Balaban J connectivity index is 1.92. The standard InChI is InChI=1S/C37H49F6N5O7S/c1-20(2)27(48(6)34(52)29(30(36(38,39)40)37(41,42)43)46-32(51)26-14-10-11-15-47(26)5)18-28(55-22(4)49)33-45-25(19-56-33)31(50)44-24(16-21(3)35(53)54)17-23-12-8-7-9-13-23/h7-9,12-13,19-21,24,26-30H,10-11,14-18H2,1-6H3,(H,44,50)(H,46,51)(H,53,54)/t21-,24+,26+,27+,28+,29+/m0/s1. The molecule has 6 atom stereocenters. The SMILES string of the molecule is CC(=O)O[C@H](C[C@H](C(C)C)N(C)C(=O)[C@H](NC(=O)[C@H]1CCCCN1C)C(C(F)(F)F)C(F)(F)F)c1nc(C(=O)N[C@@H](Cc2ccccc2)C[C@H](C)C(=O)O)cs1. The van der Waals surface area contributed by atoms with Gasteiger partial charge in [0.25, 0.3) is 5.91 Å². The smallest absolute Gasteiger partial charge is 0.403 e. The average molecular weight is 822 g/mol. The van der Waals surface area contributed by atoms with Crippen LogP contribution in [0.15, 0.2) is 35.7 Å². The van der Waals surface area contributed by atoms with Gasteiger partial charge in [0, 0.05) is 37.9 Å². The number of alkyl halides is 6. The minimum Gasteiger partial charge on any atom is -0.481 e. The van der Waals surface area contributed by atoms with Crippen LogP contribution >= 0.6 is 11.3 Å². The summed E-state index contributed by atoms with van der Waals surface area (Å²) in [6.45, 7) is 6.06. The Morgan fingerprint density at radius 2 is 1.62 bits per heavy atom. The molecule has 0 radical (unpaired) electrons. The second-order valence-electron chi connectivity index (χ2n) is 14.5. The second kappa shape index (κ2) is 19.7. The van der Waals surface area contributed by atoms with Crippen molar-refractivity contribution in [1.82, 2.24) is 25.4 Å². The van der Waals surface area contributed by atoms with Gasteiger partial charge in [0.1, 0.15) is 16.7 Å².